The van der Waals surface area contributed by atoms with Crippen molar-refractivity contribution in [1.82, 2.24) is 19.7 Å². The quantitative estimate of drug-likeness (QED) is 0.833. The van der Waals surface area contributed by atoms with Crippen molar-refractivity contribution in [2.45, 2.75) is 44.6 Å². The number of likely N-dealkylation sites (tertiary alicyclic amines) is 1. The summed E-state index contributed by atoms with van der Waals surface area (Å²) >= 11 is 0. The number of hydrogen-bond acceptors (Lipinski definition) is 5. The number of aromatic nitrogens is 3. The summed E-state index contributed by atoms with van der Waals surface area (Å²) in [6, 6.07) is 6.18. The van der Waals surface area contributed by atoms with Crippen LogP contribution in [0, 0.1) is 6.92 Å². The molecule has 6 nitrogen and oxygen atoms in total. The predicted octanol–water partition coefficient (Wildman–Crippen LogP) is 2.07. The zero-order chi connectivity index (χ0) is 17.3. The standard InChI is InChI=1S/C19H26N4O2/c1-15-9-17(22(2)21-15)11-23-13-19(14-23)10-18(5-8-25-19)24-12-16-3-6-20-7-4-16/h3-4,6-7,9,18H,5,8,10-14H2,1-2H3/t18-/m0/s1. The highest BCUT2D eigenvalue weighted by atomic mass is 16.5. The van der Waals surface area contributed by atoms with Crippen LogP contribution in [0.2, 0.25) is 0 Å². The van der Waals surface area contributed by atoms with E-state index in [1.54, 1.807) is 0 Å². The molecule has 0 aliphatic carbocycles. The van der Waals surface area contributed by atoms with Gasteiger partial charge in [-0.05, 0) is 37.1 Å². The Balaban J connectivity index is 1.28. The van der Waals surface area contributed by atoms with Gasteiger partial charge in [0.2, 0.25) is 0 Å². The van der Waals surface area contributed by atoms with E-state index in [0.717, 1.165) is 44.8 Å². The van der Waals surface area contributed by atoms with Crippen LogP contribution in [-0.2, 0) is 29.7 Å². The van der Waals surface area contributed by atoms with Gasteiger partial charge in [0.15, 0.2) is 0 Å². The van der Waals surface area contributed by atoms with Crippen molar-refractivity contribution >= 4 is 0 Å². The van der Waals surface area contributed by atoms with Gasteiger partial charge in [-0.2, -0.15) is 5.10 Å². The van der Waals surface area contributed by atoms with E-state index in [-0.39, 0.29) is 11.7 Å². The van der Waals surface area contributed by atoms with Crippen LogP contribution in [0.15, 0.2) is 30.6 Å². The predicted molar refractivity (Wildman–Crippen MR) is 94.0 cm³/mol. The number of rotatable bonds is 5. The maximum Gasteiger partial charge on any atom is 0.0959 e. The summed E-state index contributed by atoms with van der Waals surface area (Å²) in [5.41, 5.74) is 3.49. The lowest BCUT2D eigenvalue weighted by molar-refractivity contribution is -0.200. The minimum absolute atomic E-state index is 0.0191. The highest BCUT2D eigenvalue weighted by Crippen LogP contribution is 2.36. The summed E-state index contributed by atoms with van der Waals surface area (Å²) in [4.78, 5) is 6.48. The molecule has 2 saturated heterocycles. The molecule has 0 bridgehead atoms. The Morgan fingerprint density at radius 1 is 1.32 bits per heavy atom. The zero-order valence-electron chi connectivity index (χ0n) is 15.0. The van der Waals surface area contributed by atoms with Crippen molar-refractivity contribution in [3.63, 3.8) is 0 Å². The molecular formula is C19H26N4O2. The Morgan fingerprint density at radius 2 is 2.12 bits per heavy atom. The van der Waals surface area contributed by atoms with Gasteiger partial charge in [-0.1, -0.05) is 0 Å². The van der Waals surface area contributed by atoms with Crippen molar-refractivity contribution < 1.29 is 9.47 Å². The van der Waals surface area contributed by atoms with Crippen LogP contribution in [0.4, 0.5) is 0 Å². The first kappa shape index (κ1) is 16.7. The molecule has 2 fully saturated rings. The second kappa shape index (κ2) is 6.86. The Labute approximate surface area is 148 Å². The summed E-state index contributed by atoms with van der Waals surface area (Å²) in [5, 5.41) is 4.43. The molecule has 2 aliphatic heterocycles. The number of hydrogen-bond donors (Lipinski definition) is 0. The first-order valence-electron chi connectivity index (χ1n) is 8.98. The summed E-state index contributed by atoms with van der Waals surface area (Å²) in [5.74, 6) is 0. The highest BCUT2D eigenvalue weighted by molar-refractivity contribution is 5.11. The Bertz CT molecular complexity index is 709. The molecule has 0 amide bonds. The third kappa shape index (κ3) is 3.76. The largest absolute Gasteiger partial charge is 0.373 e. The molecule has 2 aliphatic rings. The number of aryl methyl sites for hydroxylation is 2. The van der Waals surface area contributed by atoms with Crippen molar-refractivity contribution in [3.05, 3.63) is 47.5 Å². The summed E-state index contributed by atoms with van der Waals surface area (Å²) in [6.45, 7) is 6.38. The normalized spacial score (nSPS) is 22.9. The molecule has 25 heavy (non-hydrogen) atoms. The number of pyridine rings is 1. The van der Waals surface area contributed by atoms with Crippen LogP contribution in [0.5, 0.6) is 0 Å². The molecular weight excluding hydrogens is 316 g/mol. The average Bonchev–Trinajstić information content (AvgIpc) is 2.90. The van der Waals surface area contributed by atoms with Gasteiger partial charge in [0.25, 0.3) is 0 Å². The second-order valence-electron chi connectivity index (χ2n) is 7.36. The van der Waals surface area contributed by atoms with Gasteiger partial charge in [-0.15, -0.1) is 0 Å². The first-order valence-corrected chi connectivity index (χ1v) is 8.98. The van der Waals surface area contributed by atoms with Crippen LogP contribution >= 0.6 is 0 Å². The minimum atomic E-state index is -0.0191. The number of ether oxygens (including phenoxy) is 2. The maximum atomic E-state index is 6.14. The van der Waals surface area contributed by atoms with Crippen LogP contribution < -0.4 is 0 Å². The third-order valence-corrected chi connectivity index (χ3v) is 5.19. The molecule has 1 spiro atoms. The SMILES string of the molecule is Cc1cc(CN2CC3(C[C@@H](OCc4ccncc4)CCO3)C2)n(C)n1. The molecule has 0 N–H and O–H groups in total. The number of nitrogens with zero attached hydrogens (tertiary/aromatic N) is 4. The minimum Gasteiger partial charge on any atom is -0.373 e. The first-order chi connectivity index (χ1) is 12.1. The van der Waals surface area contributed by atoms with Crippen LogP contribution in [-0.4, -0.2) is 51.1 Å². The molecule has 4 rings (SSSR count). The fourth-order valence-corrected chi connectivity index (χ4v) is 3.96. The van der Waals surface area contributed by atoms with E-state index in [0.29, 0.717) is 6.61 Å². The molecule has 0 radical (unpaired) electrons. The highest BCUT2D eigenvalue weighted by Gasteiger charge is 2.47. The van der Waals surface area contributed by atoms with Gasteiger partial charge in [-0.25, -0.2) is 0 Å². The molecule has 6 heteroatoms. The van der Waals surface area contributed by atoms with E-state index in [1.807, 2.05) is 43.2 Å². The topological polar surface area (TPSA) is 52.4 Å². The van der Waals surface area contributed by atoms with Crippen LogP contribution in [0.25, 0.3) is 0 Å². The van der Waals surface area contributed by atoms with Crippen LogP contribution in [0.1, 0.15) is 29.8 Å². The lowest BCUT2D eigenvalue weighted by Crippen LogP contribution is -2.65. The van der Waals surface area contributed by atoms with Gasteiger partial charge in [0.1, 0.15) is 0 Å². The Kier molecular flexibility index (Phi) is 4.58. The molecule has 0 unspecified atom stereocenters. The van der Waals surface area contributed by atoms with Gasteiger partial charge in [0.05, 0.1) is 29.7 Å². The van der Waals surface area contributed by atoms with E-state index in [4.69, 9.17) is 9.47 Å². The van der Waals surface area contributed by atoms with E-state index < -0.39 is 0 Å². The molecule has 1 atom stereocenters. The third-order valence-electron chi connectivity index (χ3n) is 5.19. The summed E-state index contributed by atoms with van der Waals surface area (Å²) in [7, 11) is 2.01. The Hall–Kier alpha value is -1.76. The van der Waals surface area contributed by atoms with E-state index in [1.165, 1.54) is 11.3 Å². The molecule has 2 aromatic heterocycles. The molecule has 2 aromatic rings. The van der Waals surface area contributed by atoms with Gasteiger partial charge >= 0.3 is 0 Å². The van der Waals surface area contributed by atoms with Crippen molar-refractivity contribution in [2.24, 2.45) is 7.05 Å². The van der Waals surface area contributed by atoms with E-state index in [9.17, 15) is 0 Å². The lowest BCUT2D eigenvalue weighted by atomic mass is 9.84. The lowest BCUT2D eigenvalue weighted by Gasteiger charge is -2.53. The van der Waals surface area contributed by atoms with Gasteiger partial charge < -0.3 is 9.47 Å². The fourth-order valence-electron chi connectivity index (χ4n) is 3.96. The average molecular weight is 342 g/mol. The van der Waals surface area contributed by atoms with E-state index in [2.05, 4.69) is 21.0 Å². The second-order valence-corrected chi connectivity index (χ2v) is 7.36. The van der Waals surface area contributed by atoms with Gasteiger partial charge in [0, 0.05) is 52.1 Å². The van der Waals surface area contributed by atoms with Crippen molar-refractivity contribution in [2.75, 3.05) is 19.7 Å². The van der Waals surface area contributed by atoms with Crippen molar-refractivity contribution in [3.8, 4) is 0 Å². The molecule has 4 heterocycles. The van der Waals surface area contributed by atoms with Gasteiger partial charge in [-0.3, -0.25) is 14.6 Å². The van der Waals surface area contributed by atoms with E-state index >= 15 is 0 Å². The fraction of sp³-hybridized carbons (Fsp3) is 0.579. The van der Waals surface area contributed by atoms with Crippen molar-refractivity contribution in [1.29, 1.82) is 0 Å². The monoisotopic (exact) mass is 342 g/mol. The zero-order valence-corrected chi connectivity index (χ0v) is 15.0. The summed E-state index contributed by atoms with van der Waals surface area (Å²) < 4.78 is 14.2. The summed E-state index contributed by atoms with van der Waals surface area (Å²) in [6.07, 6.45) is 5.87. The van der Waals surface area contributed by atoms with Crippen LogP contribution in [0.3, 0.4) is 0 Å². The Morgan fingerprint density at radius 3 is 2.84 bits per heavy atom. The molecule has 0 saturated carbocycles. The molecule has 134 valence electrons. The smallest absolute Gasteiger partial charge is 0.0959 e. The maximum absolute atomic E-state index is 6.14. The molecule has 0 aromatic carbocycles.